The van der Waals surface area contributed by atoms with Crippen molar-refractivity contribution in [2.24, 2.45) is 11.5 Å². The molecule has 1 aliphatic rings. The van der Waals surface area contributed by atoms with Crippen LogP contribution in [0.3, 0.4) is 0 Å². The number of benzene rings is 2. The summed E-state index contributed by atoms with van der Waals surface area (Å²) < 4.78 is 0. The van der Waals surface area contributed by atoms with Gasteiger partial charge in [-0.2, -0.15) is 0 Å². The molecule has 0 unspecified atom stereocenters. The summed E-state index contributed by atoms with van der Waals surface area (Å²) in [5.74, 6) is -0.500. The molecule has 0 fully saturated rings. The number of halogens is 1. The van der Waals surface area contributed by atoms with Gasteiger partial charge in [-0.1, -0.05) is 29.8 Å². The monoisotopic (exact) mass is 316 g/mol. The van der Waals surface area contributed by atoms with Crippen molar-refractivity contribution in [3.05, 3.63) is 46.5 Å². The first-order valence-electron chi connectivity index (χ1n) is 7.06. The number of hydrogen-bond donors (Lipinski definition) is 4. The van der Waals surface area contributed by atoms with E-state index in [1.807, 2.05) is 18.2 Å². The van der Waals surface area contributed by atoms with E-state index in [2.05, 4.69) is 10.6 Å². The second-order valence-corrected chi connectivity index (χ2v) is 5.51. The van der Waals surface area contributed by atoms with Crippen LogP contribution in [-0.4, -0.2) is 19.0 Å². The molecule has 1 heterocycles. The first-order chi connectivity index (χ1) is 10.6. The number of nitrogens with two attached hydrogens (primary N) is 2. The Balaban J connectivity index is 2.36. The zero-order chi connectivity index (χ0) is 15.7. The van der Waals surface area contributed by atoms with Gasteiger partial charge in [0.2, 0.25) is 5.91 Å². The number of carbonyl (C=O) groups is 1. The van der Waals surface area contributed by atoms with Gasteiger partial charge in [-0.05, 0) is 17.7 Å². The quantitative estimate of drug-likeness (QED) is 0.699. The Morgan fingerprint density at radius 3 is 2.64 bits per heavy atom. The molecule has 114 valence electrons. The summed E-state index contributed by atoms with van der Waals surface area (Å²) in [4.78, 5) is 12.0. The van der Waals surface area contributed by atoms with Crippen LogP contribution in [0.4, 0.5) is 11.4 Å². The normalized spacial score (nSPS) is 13.0. The lowest BCUT2D eigenvalue weighted by Gasteiger charge is -2.26. The lowest BCUT2D eigenvalue weighted by molar-refractivity contribution is 0.100. The van der Waals surface area contributed by atoms with Crippen molar-refractivity contribution in [1.82, 2.24) is 0 Å². The number of rotatable bonds is 3. The molecule has 0 aromatic heterocycles. The molecule has 5 nitrogen and oxygen atoms in total. The van der Waals surface area contributed by atoms with Gasteiger partial charge in [0, 0.05) is 41.3 Å². The molecule has 0 bridgehead atoms. The van der Waals surface area contributed by atoms with Gasteiger partial charge in [-0.3, -0.25) is 4.79 Å². The van der Waals surface area contributed by atoms with E-state index < -0.39 is 5.91 Å². The van der Waals surface area contributed by atoms with Crippen molar-refractivity contribution in [2.75, 3.05) is 23.7 Å². The molecule has 2 aromatic rings. The van der Waals surface area contributed by atoms with Gasteiger partial charge < -0.3 is 22.1 Å². The Kier molecular flexibility index (Phi) is 3.92. The molecular formula is C16H17ClN4O. The Hall–Kier alpha value is -2.24. The summed E-state index contributed by atoms with van der Waals surface area (Å²) in [6.45, 7) is 1.84. The second-order valence-electron chi connectivity index (χ2n) is 5.10. The van der Waals surface area contributed by atoms with Gasteiger partial charge in [0.15, 0.2) is 0 Å². The Morgan fingerprint density at radius 2 is 1.95 bits per heavy atom. The summed E-state index contributed by atoms with van der Waals surface area (Å²) in [7, 11) is 0. The largest absolute Gasteiger partial charge is 0.382 e. The number of carbonyl (C=O) groups excluding carboxylic acids is 1. The van der Waals surface area contributed by atoms with Crippen LogP contribution in [0.2, 0.25) is 5.02 Å². The highest BCUT2D eigenvalue weighted by molar-refractivity contribution is 6.33. The minimum absolute atomic E-state index is 0.276. The Morgan fingerprint density at radius 1 is 1.23 bits per heavy atom. The highest BCUT2D eigenvalue weighted by atomic mass is 35.5. The molecule has 0 spiro atoms. The van der Waals surface area contributed by atoms with E-state index in [-0.39, 0.29) is 6.54 Å². The molecule has 0 saturated carbocycles. The predicted molar refractivity (Wildman–Crippen MR) is 90.3 cm³/mol. The number of anilines is 2. The van der Waals surface area contributed by atoms with E-state index in [9.17, 15) is 4.79 Å². The first-order valence-corrected chi connectivity index (χ1v) is 7.43. The molecule has 22 heavy (non-hydrogen) atoms. The van der Waals surface area contributed by atoms with E-state index in [1.54, 1.807) is 12.1 Å². The van der Waals surface area contributed by atoms with Crippen LogP contribution < -0.4 is 22.1 Å². The minimum Gasteiger partial charge on any atom is -0.382 e. The Bertz CT molecular complexity index is 745. The van der Waals surface area contributed by atoms with Crippen molar-refractivity contribution < 1.29 is 4.79 Å². The Labute approximate surface area is 133 Å². The zero-order valence-corrected chi connectivity index (χ0v) is 12.7. The van der Waals surface area contributed by atoms with Crippen LogP contribution >= 0.6 is 11.6 Å². The van der Waals surface area contributed by atoms with Gasteiger partial charge in [0.25, 0.3) is 0 Å². The fourth-order valence-corrected chi connectivity index (χ4v) is 3.07. The number of nitrogens with one attached hydrogen (secondary N) is 2. The topological polar surface area (TPSA) is 93.2 Å². The van der Waals surface area contributed by atoms with Gasteiger partial charge in [0.05, 0.1) is 11.4 Å². The summed E-state index contributed by atoms with van der Waals surface area (Å²) in [5.41, 5.74) is 16.0. The third-order valence-corrected chi connectivity index (χ3v) is 4.12. The van der Waals surface area contributed by atoms with Crippen molar-refractivity contribution >= 4 is 28.9 Å². The smallest absolute Gasteiger partial charge is 0.249 e. The summed E-state index contributed by atoms with van der Waals surface area (Å²) in [6, 6.07) is 9.13. The average Bonchev–Trinajstić information content (AvgIpc) is 2.53. The van der Waals surface area contributed by atoms with Crippen molar-refractivity contribution in [3.63, 3.8) is 0 Å². The molecule has 3 rings (SSSR count). The van der Waals surface area contributed by atoms with Crippen molar-refractivity contribution in [3.8, 4) is 11.1 Å². The molecule has 0 saturated heterocycles. The molecule has 6 N–H and O–H groups in total. The second kappa shape index (κ2) is 5.87. The molecule has 0 atom stereocenters. The van der Waals surface area contributed by atoms with Gasteiger partial charge in [-0.25, -0.2) is 0 Å². The summed E-state index contributed by atoms with van der Waals surface area (Å²) >= 11 is 6.32. The number of primary amides is 1. The minimum atomic E-state index is -0.500. The molecule has 0 radical (unpaired) electrons. The number of amides is 1. The summed E-state index contributed by atoms with van der Waals surface area (Å²) in [6.07, 6.45) is 0. The van der Waals surface area contributed by atoms with Crippen LogP contribution in [0, 0.1) is 0 Å². The van der Waals surface area contributed by atoms with Gasteiger partial charge >= 0.3 is 0 Å². The highest BCUT2D eigenvalue weighted by Crippen LogP contribution is 2.41. The van der Waals surface area contributed by atoms with E-state index in [0.29, 0.717) is 16.1 Å². The predicted octanol–water partition coefficient (Wildman–Crippen LogP) is 2.40. The van der Waals surface area contributed by atoms with E-state index in [0.717, 1.165) is 35.6 Å². The maximum atomic E-state index is 12.0. The average molecular weight is 317 g/mol. The molecule has 6 heteroatoms. The molecule has 2 aromatic carbocycles. The highest BCUT2D eigenvalue weighted by Gasteiger charge is 2.23. The summed E-state index contributed by atoms with van der Waals surface area (Å²) in [5, 5.41) is 7.17. The first kappa shape index (κ1) is 14.7. The maximum absolute atomic E-state index is 12.0. The SMILES string of the molecule is NCc1c2c(cc(C(N)=O)c1-c1ccccc1Cl)NCCN2. The van der Waals surface area contributed by atoms with Crippen LogP contribution in [-0.2, 0) is 6.54 Å². The third kappa shape index (κ3) is 2.38. The lowest BCUT2D eigenvalue weighted by atomic mass is 9.91. The molecule has 1 amide bonds. The van der Waals surface area contributed by atoms with Crippen molar-refractivity contribution in [1.29, 1.82) is 0 Å². The third-order valence-electron chi connectivity index (χ3n) is 3.79. The zero-order valence-electron chi connectivity index (χ0n) is 11.9. The number of hydrogen-bond acceptors (Lipinski definition) is 4. The van der Waals surface area contributed by atoms with Crippen LogP contribution in [0.5, 0.6) is 0 Å². The maximum Gasteiger partial charge on any atom is 0.249 e. The standard InChI is InChI=1S/C16H17ClN4O/c17-12-4-2-1-3-9(12)14-10(16(19)22)7-13-15(11(14)8-18)21-6-5-20-13/h1-4,7,20-21H,5-6,8,18H2,(H2,19,22). The van der Waals surface area contributed by atoms with Crippen LogP contribution in [0.1, 0.15) is 15.9 Å². The van der Waals surface area contributed by atoms with E-state index >= 15 is 0 Å². The number of fused-ring (bicyclic) bond motifs is 1. The molecular weight excluding hydrogens is 300 g/mol. The molecule has 1 aliphatic heterocycles. The van der Waals surface area contributed by atoms with E-state index in [1.165, 1.54) is 0 Å². The molecule has 0 aliphatic carbocycles. The van der Waals surface area contributed by atoms with E-state index in [4.69, 9.17) is 23.1 Å². The van der Waals surface area contributed by atoms with Crippen LogP contribution in [0.15, 0.2) is 30.3 Å². The fourth-order valence-electron chi connectivity index (χ4n) is 2.83. The van der Waals surface area contributed by atoms with Gasteiger partial charge in [-0.15, -0.1) is 0 Å². The van der Waals surface area contributed by atoms with Crippen molar-refractivity contribution in [2.45, 2.75) is 6.54 Å². The van der Waals surface area contributed by atoms with Gasteiger partial charge in [0.1, 0.15) is 0 Å². The van der Waals surface area contributed by atoms with Crippen LogP contribution in [0.25, 0.3) is 11.1 Å². The fraction of sp³-hybridized carbons (Fsp3) is 0.188. The lowest BCUT2D eigenvalue weighted by Crippen LogP contribution is -2.24.